The summed E-state index contributed by atoms with van der Waals surface area (Å²) in [4.78, 5) is 0. The SMILES string of the molecule is NCNCCC[Si]. The quantitative estimate of drug-likeness (QED) is 0.294. The number of nitrogens with two attached hydrogens (primary N) is 1. The predicted octanol–water partition coefficient (Wildman–Crippen LogP) is -0.531. The van der Waals surface area contributed by atoms with Crippen LogP contribution in [0.2, 0.25) is 6.04 Å². The van der Waals surface area contributed by atoms with Crippen molar-refractivity contribution in [3.05, 3.63) is 0 Å². The van der Waals surface area contributed by atoms with Crippen LogP contribution in [0, 0.1) is 0 Å². The Hall–Kier alpha value is 0.137. The molecule has 0 aromatic heterocycles. The van der Waals surface area contributed by atoms with Gasteiger partial charge in [0.05, 0.1) is 0 Å². The van der Waals surface area contributed by atoms with Crippen molar-refractivity contribution in [2.24, 2.45) is 5.73 Å². The van der Waals surface area contributed by atoms with Gasteiger partial charge in [-0.3, -0.25) is 0 Å². The molecule has 0 aliphatic heterocycles. The van der Waals surface area contributed by atoms with Crippen LogP contribution >= 0.6 is 0 Å². The Morgan fingerprint density at radius 2 is 2.29 bits per heavy atom. The van der Waals surface area contributed by atoms with Gasteiger partial charge >= 0.3 is 0 Å². The standard InChI is InChI=1S/C4H11N2Si/c5-4-6-2-1-3-7/h6H,1-5H2. The van der Waals surface area contributed by atoms with Gasteiger partial charge in [-0.15, -0.1) is 0 Å². The first-order valence-electron chi connectivity index (χ1n) is 2.47. The summed E-state index contributed by atoms with van der Waals surface area (Å²) in [6, 6.07) is 1.05. The zero-order valence-corrected chi connectivity index (χ0v) is 5.41. The maximum absolute atomic E-state index is 5.14. The van der Waals surface area contributed by atoms with Crippen LogP contribution in [-0.2, 0) is 0 Å². The topological polar surface area (TPSA) is 38.0 Å². The van der Waals surface area contributed by atoms with E-state index in [1.54, 1.807) is 0 Å². The Bertz CT molecular complexity index is 28.9. The van der Waals surface area contributed by atoms with Crippen LogP contribution in [0.5, 0.6) is 0 Å². The van der Waals surface area contributed by atoms with Gasteiger partial charge in [-0.2, -0.15) is 0 Å². The molecule has 2 nitrogen and oxygen atoms in total. The average molecular weight is 115 g/mol. The van der Waals surface area contributed by atoms with Crippen molar-refractivity contribution < 1.29 is 0 Å². The molecule has 0 amide bonds. The molecule has 7 heavy (non-hydrogen) atoms. The molecule has 41 valence electrons. The molecule has 0 bridgehead atoms. The molecule has 3 radical (unpaired) electrons. The lowest BCUT2D eigenvalue weighted by atomic mass is 10.5. The third kappa shape index (κ3) is 6.14. The summed E-state index contributed by atoms with van der Waals surface area (Å²) >= 11 is 0. The lowest BCUT2D eigenvalue weighted by molar-refractivity contribution is 0.689. The molecule has 0 unspecified atom stereocenters. The van der Waals surface area contributed by atoms with Gasteiger partial charge in [-0.1, -0.05) is 6.04 Å². The largest absolute Gasteiger partial charge is 0.318 e. The number of nitrogens with one attached hydrogen (secondary N) is 1. The molecule has 0 saturated carbocycles. The summed E-state index contributed by atoms with van der Waals surface area (Å²) in [5.41, 5.74) is 5.14. The van der Waals surface area contributed by atoms with E-state index in [4.69, 9.17) is 5.73 Å². The van der Waals surface area contributed by atoms with Gasteiger partial charge in [-0.05, 0) is 13.0 Å². The summed E-state index contributed by atoms with van der Waals surface area (Å²) in [5, 5.41) is 3.00. The second kappa shape index (κ2) is 6.14. The molecule has 3 N–H and O–H groups in total. The van der Waals surface area contributed by atoms with E-state index >= 15 is 0 Å². The van der Waals surface area contributed by atoms with E-state index in [-0.39, 0.29) is 0 Å². The van der Waals surface area contributed by atoms with Crippen LogP contribution in [0.3, 0.4) is 0 Å². The third-order valence-corrected chi connectivity index (χ3v) is 1.03. The molecule has 0 aliphatic rings. The van der Waals surface area contributed by atoms with E-state index < -0.39 is 0 Å². The van der Waals surface area contributed by atoms with Crippen LogP contribution < -0.4 is 11.1 Å². The monoisotopic (exact) mass is 115 g/mol. The first kappa shape index (κ1) is 7.14. The van der Waals surface area contributed by atoms with Crippen molar-refractivity contribution in [3.8, 4) is 0 Å². The van der Waals surface area contributed by atoms with Crippen molar-refractivity contribution in [1.29, 1.82) is 0 Å². The molecule has 3 heteroatoms. The van der Waals surface area contributed by atoms with Gasteiger partial charge in [0.15, 0.2) is 0 Å². The van der Waals surface area contributed by atoms with Crippen molar-refractivity contribution in [1.82, 2.24) is 5.32 Å². The first-order valence-corrected chi connectivity index (χ1v) is 3.18. The van der Waals surface area contributed by atoms with Crippen LogP contribution in [0.1, 0.15) is 6.42 Å². The molecule has 0 rings (SSSR count). The minimum atomic E-state index is 0.590. The van der Waals surface area contributed by atoms with E-state index in [0.29, 0.717) is 6.67 Å². The Kier molecular flexibility index (Phi) is 6.26. The molecule has 0 aliphatic carbocycles. The fourth-order valence-electron chi connectivity index (χ4n) is 0.315. The Morgan fingerprint density at radius 1 is 1.57 bits per heavy atom. The number of hydrogen-bond donors (Lipinski definition) is 2. The third-order valence-electron chi connectivity index (χ3n) is 0.675. The van der Waals surface area contributed by atoms with Crippen LogP contribution in [0.15, 0.2) is 0 Å². The Balaban J connectivity index is 2.45. The first-order chi connectivity index (χ1) is 3.41. The predicted molar refractivity (Wildman–Crippen MR) is 32.2 cm³/mol. The van der Waals surface area contributed by atoms with Crippen LogP contribution in [-0.4, -0.2) is 23.5 Å². The molecule has 0 fully saturated rings. The maximum atomic E-state index is 5.14. The summed E-state index contributed by atoms with van der Waals surface area (Å²) in [6.07, 6.45) is 1.15. The molecule has 0 heterocycles. The van der Waals surface area contributed by atoms with Crippen molar-refractivity contribution in [2.45, 2.75) is 12.5 Å². The maximum Gasteiger partial charge on any atom is 0.0428 e. The number of rotatable bonds is 4. The van der Waals surface area contributed by atoms with E-state index in [0.717, 1.165) is 19.0 Å². The number of hydrogen-bond acceptors (Lipinski definition) is 2. The minimum absolute atomic E-state index is 0.590. The highest BCUT2D eigenvalue weighted by Gasteiger charge is 1.77. The highest BCUT2D eigenvalue weighted by atomic mass is 28.1. The average Bonchev–Trinajstić information content (AvgIpc) is 1.69. The molecule has 0 aromatic carbocycles. The summed E-state index contributed by atoms with van der Waals surface area (Å²) in [5.74, 6) is 0. The fraction of sp³-hybridized carbons (Fsp3) is 1.00. The zero-order valence-electron chi connectivity index (χ0n) is 4.41. The lowest BCUT2D eigenvalue weighted by Crippen LogP contribution is -2.22. The van der Waals surface area contributed by atoms with Gasteiger partial charge in [0, 0.05) is 16.9 Å². The molecule has 0 saturated heterocycles. The molecular formula is C4H11N2Si. The molecule has 0 aromatic rings. The summed E-state index contributed by atoms with van der Waals surface area (Å²) < 4.78 is 0. The van der Waals surface area contributed by atoms with E-state index in [2.05, 4.69) is 15.6 Å². The summed E-state index contributed by atoms with van der Waals surface area (Å²) in [7, 11) is 3.34. The van der Waals surface area contributed by atoms with Gasteiger partial charge in [0.25, 0.3) is 0 Å². The van der Waals surface area contributed by atoms with Crippen molar-refractivity contribution >= 4 is 10.2 Å². The lowest BCUT2D eigenvalue weighted by Gasteiger charge is -1.95. The molecule has 0 atom stereocenters. The highest BCUT2D eigenvalue weighted by Crippen LogP contribution is 1.77. The van der Waals surface area contributed by atoms with Crippen molar-refractivity contribution in [2.75, 3.05) is 13.2 Å². The Morgan fingerprint density at radius 3 is 2.71 bits per heavy atom. The van der Waals surface area contributed by atoms with Crippen LogP contribution in [0.4, 0.5) is 0 Å². The summed E-state index contributed by atoms with van der Waals surface area (Å²) in [6.45, 7) is 1.60. The van der Waals surface area contributed by atoms with E-state index in [9.17, 15) is 0 Å². The van der Waals surface area contributed by atoms with E-state index in [1.807, 2.05) is 0 Å². The second-order valence-electron chi connectivity index (χ2n) is 1.31. The molecular weight excluding hydrogens is 104 g/mol. The van der Waals surface area contributed by atoms with Gasteiger partial charge in [-0.25, -0.2) is 0 Å². The smallest absolute Gasteiger partial charge is 0.0428 e. The zero-order chi connectivity index (χ0) is 5.54. The van der Waals surface area contributed by atoms with Gasteiger partial charge < -0.3 is 11.1 Å². The fourth-order valence-corrected chi connectivity index (χ4v) is 0.492. The van der Waals surface area contributed by atoms with E-state index in [1.165, 1.54) is 0 Å². The second-order valence-corrected chi connectivity index (χ2v) is 1.81. The minimum Gasteiger partial charge on any atom is -0.318 e. The van der Waals surface area contributed by atoms with Crippen LogP contribution in [0.25, 0.3) is 0 Å². The highest BCUT2D eigenvalue weighted by molar-refractivity contribution is 6.08. The normalized spacial score (nSPS) is 9.43. The molecule has 0 spiro atoms. The van der Waals surface area contributed by atoms with Gasteiger partial charge in [0.2, 0.25) is 0 Å². The Labute approximate surface area is 47.9 Å². The van der Waals surface area contributed by atoms with Crippen molar-refractivity contribution in [3.63, 3.8) is 0 Å². The van der Waals surface area contributed by atoms with Gasteiger partial charge in [0.1, 0.15) is 0 Å².